The van der Waals surface area contributed by atoms with Crippen LogP contribution in [0.3, 0.4) is 0 Å². The first kappa shape index (κ1) is 27.9. The number of likely N-dealkylation sites (tertiary alicyclic amines) is 1. The molecule has 6 rings (SSSR count). The zero-order chi connectivity index (χ0) is 28.7. The number of nitrogens with zero attached hydrogens (tertiary/aromatic N) is 4. The van der Waals surface area contributed by atoms with Crippen molar-refractivity contribution in [2.24, 2.45) is 0 Å². The maximum atomic E-state index is 13.6. The molecular weight excluding hydrogens is 519 g/mol. The first-order chi connectivity index (χ1) is 19.0. The molecule has 1 aromatic carbocycles. The van der Waals surface area contributed by atoms with Gasteiger partial charge < -0.3 is 20.6 Å². The molecular formula is C28H35FN6O5. The Labute approximate surface area is 231 Å². The summed E-state index contributed by atoms with van der Waals surface area (Å²) >= 11 is 0. The van der Waals surface area contributed by atoms with Crippen LogP contribution in [0.15, 0.2) is 29.1 Å². The molecule has 1 saturated carbocycles. The van der Waals surface area contributed by atoms with Crippen LogP contribution in [-0.2, 0) is 28.2 Å². The van der Waals surface area contributed by atoms with E-state index in [1.54, 1.807) is 12.1 Å². The molecule has 214 valence electrons. The van der Waals surface area contributed by atoms with Crippen LogP contribution in [-0.4, -0.2) is 81.3 Å². The van der Waals surface area contributed by atoms with Gasteiger partial charge in [0.15, 0.2) is 11.5 Å². The maximum Gasteiger partial charge on any atom is 0.311 e. The molecule has 0 atom stereocenters. The lowest BCUT2D eigenvalue weighted by molar-refractivity contribution is -0.145. The number of ketones is 1. The van der Waals surface area contributed by atoms with Gasteiger partial charge in [-0.1, -0.05) is 12.1 Å². The van der Waals surface area contributed by atoms with Crippen LogP contribution in [0.2, 0.25) is 0 Å². The van der Waals surface area contributed by atoms with E-state index in [4.69, 9.17) is 0 Å². The summed E-state index contributed by atoms with van der Waals surface area (Å²) in [4.78, 5) is 60.4. The molecule has 1 saturated heterocycles. The molecule has 11 nitrogen and oxygen atoms in total. The molecule has 3 N–H and O–H groups in total. The monoisotopic (exact) mass is 554 g/mol. The Morgan fingerprint density at radius 3 is 2.35 bits per heavy atom. The van der Waals surface area contributed by atoms with Gasteiger partial charge in [-0.3, -0.25) is 28.6 Å². The summed E-state index contributed by atoms with van der Waals surface area (Å²) in [6, 6.07) is 5.81. The number of amides is 2. The van der Waals surface area contributed by atoms with E-state index in [2.05, 4.69) is 20.5 Å². The largest absolute Gasteiger partial charge is 0.501 e. The van der Waals surface area contributed by atoms with Crippen molar-refractivity contribution in [1.82, 2.24) is 30.0 Å². The molecule has 40 heavy (non-hydrogen) atoms. The number of likely N-dealkylation sites (N-methyl/N-ethyl adjacent to an activating group) is 1. The van der Waals surface area contributed by atoms with Crippen molar-refractivity contribution in [1.29, 1.82) is 0 Å². The summed E-state index contributed by atoms with van der Waals surface area (Å²) < 4.78 is 14.6. The first-order valence-corrected chi connectivity index (χ1v) is 13.7. The van der Waals surface area contributed by atoms with Gasteiger partial charge in [0.2, 0.25) is 5.75 Å². The molecule has 2 fully saturated rings. The predicted octanol–water partition coefficient (Wildman–Crippen LogP) is 0.882. The van der Waals surface area contributed by atoms with Crippen LogP contribution in [0.1, 0.15) is 60.4 Å². The summed E-state index contributed by atoms with van der Waals surface area (Å²) in [5.41, 5.74) is -1.86. The average molecular weight is 555 g/mol. The summed E-state index contributed by atoms with van der Waals surface area (Å²) in [5.74, 6) is -3.06. The van der Waals surface area contributed by atoms with E-state index >= 15 is 0 Å². The highest BCUT2D eigenvalue weighted by atomic mass is 19.1. The van der Waals surface area contributed by atoms with Crippen molar-refractivity contribution in [2.75, 3.05) is 33.7 Å². The second kappa shape index (κ2) is 10.7. The molecule has 4 heterocycles. The van der Waals surface area contributed by atoms with Crippen LogP contribution < -0.4 is 16.2 Å². The van der Waals surface area contributed by atoms with E-state index in [1.165, 1.54) is 35.7 Å². The fourth-order valence-corrected chi connectivity index (χ4v) is 6.34. The Morgan fingerprint density at radius 2 is 1.73 bits per heavy atom. The van der Waals surface area contributed by atoms with Gasteiger partial charge >= 0.3 is 11.8 Å². The number of rotatable bonds is 7. The van der Waals surface area contributed by atoms with Crippen LogP contribution >= 0.6 is 0 Å². The molecule has 12 heteroatoms. The Bertz CT molecular complexity index is 1370. The maximum absolute atomic E-state index is 13.6. The Morgan fingerprint density at radius 1 is 1.07 bits per heavy atom. The summed E-state index contributed by atoms with van der Waals surface area (Å²) in [6.45, 7) is 2.12. The zero-order valence-electron chi connectivity index (χ0n) is 22.8. The Hall–Kier alpha value is -3.64. The lowest BCUT2D eigenvalue weighted by Gasteiger charge is -2.47. The van der Waals surface area contributed by atoms with Gasteiger partial charge in [0.05, 0.1) is 12.1 Å². The molecule has 0 unspecified atom stereocenters. The molecule has 1 aliphatic carbocycles. The van der Waals surface area contributed by atoms with Crippen LogP contribution in [0.5, 0.6) is 5.75 Å². The lowest BCUT2D eigenvalue weighted by Crippen LogP contribution is -2.57. The SMILES string of the molecule is CN(C)C(=O)C(=O)NC12CCC(N3CCCC3)(CC1)Cn1c2nc(C(=O)CNCc2ccc(F)cc2)c(O)c1=O. The van der Waals surface area contributed by atoms with E-state index in [-0.39, 0.29) is 42.5 Å². The van der Waals surface area contributed by atoms with Gasteiger partial charge in [-0.15, -0.1) is 0 Å². The van der Waals surface area contributed by atoms with Gasteiger partial charge in [-0.25, -0.2) is 9.37 Å². The number of carbonyl (C=O) groups is 3. The van der Waals surface area contributed by atoms with Gasteiger partial charge in [0, 0.05) is 32.7 Å². The minimum absolute atomic E-state index is 0.190. The topological polar surface area (TPSA) is 137 Å². The predicted molar refractivity (Wildman–Crippen MR) is 143 cm³/mol. The van der Waals surface area contributed by atoms with Gasteiger partial charge in [0.1, 0.15) is 11.6 Å². The van der Waals surface area contributed by atoms with Crippen molar-refractivity contribution in [3.63, 3.8) is 0 Å². The second-order valence-corrected chi connectivity index (χ2v) is 11.3. The van der Waals surface area contributed by atoms with E-state index in [0.29, 0.717) is 25.7 Å². The zero-order valence-corrected chi connectivity index (χ0v) is 22.8. The standard InChI is InChI=1S/C28H35FN6O5/c1-33(2)25(40)23(38)32-28-11-9-27(10-12-28,34-13-3-4-14-34)17-35-24(39)22(37)21(31-26(28)35)20(36)16-30-15-18-5-7-19(29)8-6-18/h5-8,30,37H,3-4,9-17H2,1-2H3,(H,32,38). The quantitative estimate of drug-likeness (QED) is 0.339. The summed E-state index contributed by atoms with van der Waals surface area (Å²) in [5, 5.41) is 16.7. The average Bonchev–Trinajstić information content (AvgIpc) is 3.41. The number of carbonyl (C=O) groups excluding carboxylic acids is 3. The van der Waals surface area contributed by atoms with Crippen LogP contribution in [0.4, 0.5) is 4.39 Å². The number of halogens is 1. The van der Waals surface area contributed by atoms with Crippen molar-refractivity contribution in [3.8, 4) is 5.75 Å². The van der Waals surface area contributed by atoms with E-state index in [1.807, 2.05) is 0 Å². The molecule has 4 aliphatic rings. The Kier molecular flexibility index (Phi) is 7.49. The lowest BCUT2D eigenvalue weighted by atomic mass is 9.72. The molecule has 1 aromatic heterocycles. The highest BCUT2D eigenvalue weighted by Gasteiger charge is 2.54. The van der Waals surface area contributed by atoms with Crippen molar-refractivity contribution in [3.05, 3.63) is 57.5 Å². The summed E-state index contributed by atoms with van der Waals surface area (Å²) in [6.07, 6.45) is 4.31. The van der Waals surface area contributed by atoms with Crippen LogP contribution in [0, 0.1) is 5.82 Å². The van der Waals surface area contributed by atoms with Gasteiger partial charge in [0.25, 0.3) is 5.56 Å². The van der Waals surface area contributed by atoms with E-state index in [0.717, 1.165) is 31.5 Å². The van der Waals surface area contributed by atoms with Crippen molar-refractivity contribution >= 4 is 17.6 Å². The second-order valence-electron chi connectivity index (χ2n) is 11.3. The van der Waals surface area contributed by atoms with Crippen molar-refractivity contribution in [2.45, 2.75) is 62.7 Å². The van der Waals surface area contributed by atoms with Crippen LogP contribution in [0.25, 0.3) is 0 Å². The number of hydrogen-bond acceptors (Lipinski definition) is 8. The smallest absolute Gasteiger partial charge is 0.311 e. The highest BCUT2D eigenvalue weighted by molar-refractivity contribution is 6.35. The number of fused-ring (bicyclic) bond motifs is 2. The minimum atomic E-state index is -1.15. The molecule has 0 radical (unpaired) electrons. The van der Waals surface area contributed by atoms with Crippen molar-refractivity contribution < 1.29 is 23.9 Å². The minimum Gasteiger partial charge on any atom is -0.501 e. The molecule has 0 spiro atoms. The van der Waals surface area contributed by atoms with Gasteiger partial charge in [-0.05, 0) is 69.3 Å². The number of aromatic nitrogens is 2. The van der Waals surface area contributed by atoms with Gasteiger partial charge in [-0.2, -0.15) is 0 Å². The fraction of sp³-hybridized carbons (Fsp3) is 0.536. The number of Topliss-reactive ketones (excluding diaryl/α,β-unsaturated/α-hetero) is 1. The molecule has 2 bridgehead atoms. The highest BCUT2D eigenvalue weighted by Crippen LogP contribution is 2.48. The third-order valence-electron chi connectivity index (χ3n) is 8.58. The normalized spacial score (nSPS) is 23.9. The number of benzene rings is 1. The Balaban J connectivity index is 1.50. The van der Waals surface area contributed by atoms with E-state index in [9.17, 15) is 28.7 Å². The molecule has 3 aliphatic heterocycles. The third kappa shape index (κ3) is 5.01. The number of hydrogen-bond donors (Lipinski definition) is 3. The number of nitrogens with one attached hydrogen (secondary N) is 2. The van der Waals surface area contributed by atoms with E-state index < -0.39 is 34.4 Å². The molecule has 2 amide bonds. The first-order valence-electron chi connectivity index (χ1n) is 13.7. The summed E-state index contributed by atoms with van der Waals surface area (Å²) in [7, 11) is 2.97. The third-order valence-corrected chi connectivity index (χ3v) is 8.58. The fourth-order valence-electron chi connectivity index (χ4n) is 6.34. The number of aromatic hydroxyl groups is 1. The molecule has 2 aromatic rings.